The Bertz CT molecular complexity index is 2280. The van der Waals surface area contributed by atoms with E-state index in [2.05, 4.69) is 141 Å². The Kier molecular flexibility index (Phi) is 8.73. The Labute approximate surface area is 325 Å². The number of aliphatic imine (C=N–C) groups is 1. The van der Waals surface area contributed by atoms with E-state index in [-0.39, 0.29) is 43.0 Å². The molecule has 1 atom stereocenters. The molecule has 1 fully saturated rings. The van der Waals surface area contributed by atoms with Gasteiger partial charge in [-0.05, 0) is 68.6 Å². The molecule has 5 aromatic rings. The van der Waals surface area contributed by atoms with Crippen LogP contribution in [0.3, 0.4) is 0 Å². The molecule has 4 heterocycles. The minimum Gasteiger partial charge on any atom is -0.502 e. The van der Waals surface area contributed by atoms with Gasteiger partial charge in [0.15, 0.2) is 0 Å². The third kappa shape index (κ3) is 5.18. The van der Waals surface area contributed by atoms with E-state index in [0.717, 1.165) is 50.9 Å². The van der Waals surface area contributed by atoms with Gasteiger partial charge in [-0.25, -0.2) is 4.98 Å². The summed E-state index contributed by atoms with van der Waals surface area (Å²) in [5.41, 5.74) is 10.5. The number of hydrogen-bond acceptors (Lipinski definition) is 4. The molecule has 1 aliphatic carbocycles. The van der Waals surface area contributed by atoms with Crippen molar-refractivity contribution in [3.05, 3.63) is 93.7 Å². The number of amidine groups is 1. The maximum Gasteiger partial charge on any atom is 2.00 e. The second-order valence-electron chi connectivity index (χ2n) is 18.0. The maximum absolute atomic E-state index is 6.95. The van der Waals surface area contributed by atoms with Gasteiger partial charge in [0.25, 0.3) is 0 Å². The van der Waals surface area contributed by atoms with Crippen LogP contribution in [-0.2, 0) is 26.5 Å². The van der Waals surface area contributed by atoms with E-state index in [4.69, 9.17) is 14.7 Å². The minimum atomic E-state index is -0.289. The molecule has 0 N–H and O–H groups in total. The Morgan fingerprint density at radius 3 is 2.17 bits per heavy atom. The van der Waals surface area contributed by atoms with Crippen LogP contribution in [0.1, 0.15) is 126 Å². The van der Waals surface area contributed by atoms with Crippen molar-refractivity contribution in [3.8, 4) is 17.2 Å². The van der Waals surface area contributed by atoms with Crippen LogP contribution in [0, 0.1) is 45.2 Å². The molecule has 0 saturated heterocycles. The SMILES string of the molecule is Cc1cnc2c(c1)c1cccc3c1n2-c1[c-]c(Oc2[c-]c(C4=N[C@](C)(C(C)(C)C)C(C)(C)N4C4CCCCC4)c(C)cc2C)c(C)cc1C3(C)C.[Pt+2]. The number of benzene rings is 3. The zero-order valence-electron chi connectivity index (χ0n) is 33.2. The van der Waals surface area contributed by atoms with Crippen LogP contribution in [0.15, 0.2) is 47.6 Å². The third-order valence-electron chi connectivity index (χ3n) is 13.1. The van der Waals surface area contributed by atoms with Crippen molar-refractivity contribution in [3.63, 3.8) is 0 Å². The minimum absolute atomic E-state index is 0. The molecule has 1 saturated carbocycles. The first-order valence-corrected chi connectivity index (χ1v) is 19.0. The van der Waals surface area contributed by atoms with Gasteiger partial charge in [-0.1, -0.05) is 110 Å². The van der Waals surface area contributed by atoms with Gasteiger partial charge < -0.3 is 19.2 Å². The van der Waals surface area contributed by atoms with Crippen molar-refractivity contribution in [2.45, 2.75) is 138 Å². The molecule has 5 nitrogen and oxygen atoms in total. The fourth-order valence-corrected chi connectivity index (χ4v) is 9.64. The molecule has 0 radical (unpaired) electrons. The van der Waals surface area contributed by atoms with Gasteiger partial charge in [0, 0.05) is 40.3 Å². The number of para-hydroxylation sites is 1. The number of hydrogen-bond donors (Lipinski definition) is 0. The average molecular weight is 874 g/mol. The molecular formula is C46H54N4OPt. The van der Waals surface area contributed by atoms with E-state index >= 15 is 0 Å². The number of ether oxygens (including phenoxy) is 1. The van der Waals surface area contributed by atoms with Crippen molar-refractivity contribution >= 4 is 27.8 Å². The summed E-state index contributed by atoms with van der Waals surface area (Å²) in [5.74, 6) is 2.52. The van der Waals surface area contributed by atoms with E-state index in [0.29, 0.717) is 6.04 Å². The summed E-state index contributed by atoms with van der Waals surface area (Å²) in [6.45, 7) is 27.4. The van der Waals surface area contributed by atoms with E-state index in [1.165, 1.54) is 65.1 Å². The Morgan fingerprint density at radius 1 is 0.808 bits per heavy atom. The molecule has 0 unspecified atom stereocenters. The van der Waals surface area contributed by atoms with Crippen LogP contribution in [0.2, 0.25) is 0 Å². The summed E-state index contributed by atoms with van der Waals surface area (Å²) < 4.78 is 9.27. The van der Waals surface area contributed by atoms with Gasteiger partial charge in [0.2, 0.25) is 0 Å². The second-order valence-corrected chi connectivity index (χ2v) is 18.0. The van der Waals surface area contributed by atoms with Crippen LogP contribution in [0.25, 0.3) is 27.6 Å². The van der Waals surface area contributed by atoms with Crippen LogP contribution in [-0.4, -0.2) is 37.4 Å². The van der Waals surface area contributed by atoms with Crippen molar-refractivity contribution in [2.24, 2.45) is 10.4 Å². The Hall–Kier alpha value is -3.43. The summed E-state index contributed by atoms with van der Waals surface area (Å²) in [7, 11) is 0. The molecule has 0 spiro atoms. The van der Waals surface area contributed by atoms with Crippen LogP contribution in [0.5, 0.6) is 11.5 Å². The molecule has 8 rings (SSSR count). The molecule has 2 aromatic heterocycles. The molecular weight excluding hydrogens is 820 g/mol. The van der Waals surface area contributed by atoms with Gasteiger partial charge in [-0.2, -0.15) is 6.07 Å². The summed E-state index contributed by atoms with van der Waals surface area (Å²) in [4.78, 5) is 13.4. The summed E-state index contributed by atoms with van der Waals surface area (Å²) in [5, 5.41) is 2.40. The Morgan fingerprint density at radius 2 is 1.48 bits per heavy atom. The largest absolute Gasteiger partial charge is 2.00 e. The average Bonchev–Trinajstić information content (AvgIpc) is 3.50. The molecule has 3 aliphatic rings. The standard InChI is InChI=1S/C46H54N4O.Pt/c1-27-21-34-32-19-16-20-35-40(32)49(41(34)47-26-27)37-25-39(30(4)23-36(37)44(35,8)9)51-38-24-33(28(2)22-29(38)3)42-48-46(12,43(5,6)7)45(10,11)50(42)31-17-14-13-15-18-31;/h16,19-23,26,31H,13-15,17-18H2,1-12H3;/q-2;+2/t46-;/m1./s1. The van der Waals surface area contributed by atoms with E-state index in [1.807, 2.05) is 6.20 Å². The van der Waals surface area contributed by atoms with Gasteiger partial charge >= 0.3 is 21.1 Å². The van der Waals surface area contributed by atoms with Gasteiger partial charge in [-0.15, -0.1) is 34.4 Å². The molecule has 0 amide bonds. The van der Waals surface area contributed by atoms with Crippen LogP contribution in [0.4, 0.5) is 0 Å². The monoisotopic (exact) mass is 873 g/mol. The quantitative estimate of drug-likeness (QED) is 0.169. The number of aryl methyl sites for hydroxylation is 4. The van der Waals surface area contributed by atoms with E-state index in [1.54, 1.807) is 0 Å². The first kappa shape index (κ1) is 36.9. The summed E-state index contributed by atoms with van der Waals surface area (Å²) in [6, 6.07) is 21.6. The van der Waals surface area contributed by atoms with E-state index < -0.39 is 0 Å². The fourth-order valence-electron chi connectivity index (χ4n) is 9.64. The number of rotatable bonds is 4. The van der Waals surface area contributed by atoms with Crippen molar-refractivity contribution in [2.75, 3.05) is 0 Å². The normalized spacial score (nSPS) is 20.9. The molecule has 52 heavy (non-hydrogen) atoms. The van der Waals surface area contributed by atoms with Gasteiger partial charge in [-0.3, -0.25) is 0 Å². The third-order valence-corrected chi connectivity index (χ3v) is 13.1. The fraction of sp³-hybridized carbons (Fsp3) is 0.478. The topological polar surface area (TPSA) is 42.6 Å². The molecule has 2 aliphatic heterocycles. The van der Waals surface area contributed by atoms with Crippen LogP contribution < -0.4 is 4.74 Å². The predicted octanol–water partition coefficient (Wildman–Crippen LogP) is 11.4. The molecule has 6 heteroatoms. The van der Waals surface area contributed by atoms with Gasteiger partial charge in [0.05, 0.1) is 16.6 Å². The maximum atomic E-state index is 6.95. The number of fused-ring (bicyclic) bond motifs is 5. The van der Waals surface area contributed by atoms with E-state index in [9.17, 15) is 0 Å². The first-order valence-electron chi connectivity index (χ1n) is 19.0. The van der Waals surface area contributed by atoms with Gasteiger partial charge in [0.1, 0.15) is 5.65 Å². The van der Waals surface area contributed by atoms with Crippen LogP contribution >= 0.6 is 0 Å². The number of nitrogens with zero attached hydrogens (tertiary/aromatic N) is 4. The van der Waals surface area contributed by atoms with Crippen molar-refractivity contribution in [1.82, 2.24) is 14.5 Å². The summed E-state index contributed by atoms with van der Waals surface area (Å²) >= 11 is 0. The summed E-state index contributed by atoms with van der Waals surface area (Å²) in [6.07, 6.45) is 8.24. The second kappa shape index (κ2) is 12.3. The van der Waals surface area contributed by atoms with Crippen molar-refractivity contribution < 1.29 is 25.8 Å². The predicted molar refractivity (Wildman–Crippen MR) is 211 cm³/mol. The zero-order chi connectivity index (χ0) is 36.4. The number of pyridine rings is 1. The van der Waals surface area contributed by atoms with Crippen molar-refractivity contribution in [1.29, 1.82) is 0 Å². The molecule has 0 bridgehead atoms. The first-order chi connectivity index (χ1) is 24.0. The number of aromatic nitrogens is 2. The molecule has 3 aromatic carbocycles. The molecule has 274 valence electrons. The zero-order valence-corrected chi connectivity index (χ0v) is 35.4. The smallest absolute Gasteiger partial charge is 0.502 e. The Balaban J connectivity index is 0.00000420.